The highest BCUT2D eigenvalue weighted by Gasteiger charge is 2.10. The van der Waals surface area contributed by atoms with Crippen molar-refractivity contribution in [2.24, 2.45) is 0 Å². The fraction of sp³-hybridized carbons (Fsp3) is 0.188. The lowest BCUT2D eigenvalue weighted by atomic mass is 10.2. The first kappa shape index (κ1) is 17.7. The molecule has 8 heteroatoms. The van der Waals surface area contributed by atoms with Crippen LogP contribution in [0.15, 0.2) is 29.7 Å². The summed E-state index contributed by atoms with van der Waals surface area (Å²) in [6.07, 6.45) is 2.07. The number of carbonyl (C=O) groups excluding carboxylic acids is 2. The molecule has 0 unspecified atom stereocenters. The van der Waals surface area contributed by atoms with Crippen LogP contribution in [-0.4, -0.2) is 23.5 Å². The minimum Gasteiger partial charge on any atom is -0.466 e. The monoisotopic (exact) mass is 352 g/mol. The number of thiazole rings is 1. The molecule has 0 saturated heterocycles. The molecule has 0 fully saturated rings. The van der Waals surface area contributed by atoms with Crippen molar-refractivity contribution in [1.29, 1.82) is 0 Å². The van der Waals surface area contributed by atoms with Crippen LogP contribution in [0.4, 0.5) is 13.9 Å². The summed E-state index contributed by atoms with van der Waals surface area (Å²) in [5.41, 5.74) is 0.174. The Labute approximate surface area is 141 Å². The molecule has 0 radical (unpaired) electrons. The van der Waals surface area contributed by atoms with Gasteiger partial charge in [0, 0.05) is 17.0 Å². The van der Waals surface area contributed by atoms with Crippen LogP contribution in [0.5, 0.6) is 0 Å². The number of anilines is 1. The topological polar surface area (TPSA) is 68.3 Å². The highest BCUT2D eigenvalue weighted by Crippen LogP contribution is 2.17. The maximum Gasteiger partial charge on any atom is 0.311 e. The van der Waals surface area contributed by atoms with Crippen LogP contribution in [0.2, 0.25) is 0 Å². The highest BCUT2D eigenvalue weighted by atomic mass is 32.1. The Hall–Kier alpha value is -2.61. The van der Waals surface area contributed by atoms with Gasteiger partial charge in [0.05, 0.1) is 18.7 Å². The lowest BCUT2D eigenvalue weighted by molar-refractivity contribution is -0.142. The number of esters is 1. The summed E-state index contributed by atoms with van der Waals surface area (Å²) >= 11 is 1.13. The summed E-state index contributed by atoms with van der Waals surface area (Å²) in [5.74, 6) is -2.51. The van der Waals surface area contributed by atoms with Crippen molar-refractivity contribution in [3.63, 3.8) is 0 Å². The molecule has 0 aliphatic heterocycles. The summed E-state index contributed by atoms with van der Waals surface area (Å²) in [6.45, 7) is 1.99. The average molecular weight is 352 g/mol. The fourth-order valence-electron chi connectivity index (χ4n) is 1.78. The van der Waals surface area contributed by atoms with Gasteiger partial charge in [-0.2, -0.15) is 0 Å². The van der Waals surface area contributed by atoms with Crippen LogP contribution in [0.1, 0.15) is 18.2 Å². The molecule has 126 valence electrons. The van der Waals surface area contributed by atoms with Gasteiger partial charge in [-0.15, -0.1) is 11.3 Å². The molecule has 1 N–H and O–H groups in total. The lowest BCUT2D eigenvalue weighted by Crippen LogP contribution is -2.09. The predicted octanol–water partition coefficient (Wildman–Crippen LogP) is 3.18. The van der Waals surface area contributed by atoms with Crippen molar-refractivity contribution in [1.82, 2.24) is 4.98 Å². The molecular weight excluding hydrogens is 338 g/mol. The number of hydrogen-bond donors (Lipinski definition) is 1. The largest absolute Gasteiger partial charge is 0.466 e. The molecule has 2 rings (SSSR count). The van der Waals surface area contributed by atoms with Crippen molar-refractivity contribution in [2.45, 2.75) is 13.3 Å². The molecule has 1 amide bonds. The third-order valence-electron chi connectivity index (χ3n) is 2.81. The first-order valence-corrected chi connectivity index (χ1v) is 7.90. The first-order valence-electron chi connectivity index (χ1n) is 7.02. The molecule has 0 saturated carbocycles. The number of carbonyl (C=O) groups is 2. The van der Waals surface area contributed by atoms with E-state index in [4.69, 9.17) is 4.74 Å². The molecule has 0 aliphatic rings. The van der Waals surface area contributed by atoms with E-state index in [-0.39, 0.29) is 23.7 Å². The summed E-state index contributed by atoms with van der Waals surface area (Å²) in [6, 6.07) is 3.44. The van der Waals surface area contributed by atoms with E-state index in [2.05, 4.69) is 10.3 Å². The third-order valence-corrected chi connectivity index (χ3v) is 3.62. The molecule has 0 atom stereocenters. The maximum atomic E-state index is 13.4. The fourth-order valence-corrected chi connectivity index (χ4v) is 2.49. The van der Waals surface area contributed by atoms with Gasteiger partial charge in [-0.3, -0.25) is 14.9 Å². The van der Waals surface area contributed by atoms with Crippen LogP contribution in [0.25, 0.3) is 6.08 Å². The van der Waals surface area contributed by atoms with Gasteiger partial charge in [-0.1, -0.05) is 6.07 Å². The van der Waals surface area contributed by atoms with Gasteiger partial charge in [0.25, 0.3) is 0 Å². The van der Waals surface area contributed by atoms with Gasteiger partial charge in [0.2, 0.25) is 5.91 Å². The zero-order valence-electron chi connectivity index (χ0n) is 12.7. The van der Waals surface area contributed by atoms with Crippen LogP contribution in [-0.2, 0) is 20.7 Å². The summed E-state index contributed by atoms with van der Waals surface area (Å²) < 4.78 is 31.7. The Morgan fingerprint density at radius 2 is 2.04 bits per heavy atom. The van der Waals surface area contributed by atoms with Gasteiger partial charge in [0.1, 0.15) is 11.6 Å². The molecule has 5 nitrogen and oxygen atoms in total. The minimum atomic E-state index is -0.759. The maximum absolute atomic E-state index is 13.4. The van der Waals surface area contributed by atoms with Crippen LogP contribution >= 0.6 is 11.3 Å². The quantitative estimate of drug-likeness (QED) is 0.640. The van der Waals surface area contributed by atoms with Gasteiger partial charge >= 0.3 is 5.97 Å². The standard InChI is InChI=1S/C16H14F2N2O3S/c1-2-23-15(22)8-10-9-24-16(19-10)20-14(21)7-6-11-12(17)4-3-5-13(11)18/h3-7,9H,2,8H2,1H3,(H,19,20,21). The van der Waals surface area contributed by atoms with Crippen LogP contribution in [0.3, 0.4) is 0 Å². The van der Waals surface area contributed by atoms with E-state index in [1.54, 1.807) is 12.3 Å². The second-order valence-corrected chi connectivity index (χ2v) is 5.44. The second kappa shape index (κ2) is 8.30. The van der Waals surface area contributed by atoms with E-state index in [1.807, 2.05) is 0 Å². The summed E-state index contributed by atoms with van der Waals surface area (Å²) in [7, 11) is 0. The Morgan fingerprint density at radius 3 is 2.71 bits per heavy atom. The van der Waals surface area contributed by atoms with E-state index in [0.717, 1.165) is 35.6 Å². The molecular formula is C16H14F2N2O3S. The van der Waals surface area contributed by atoms with Gasteiger partial charge in [0.15, 0.2) is 5.13 Å². The number of ether oxygens (including phenoxy) is 1. The van der Waals surface area contributed by atoms with Gasteiger partial charge in [-0.05, 0) is 25.1 Å². The lowest BCUT2D eigenvalue weighted by Gasteiger charge is -1.99. The number of nitrogens with zero attached hydrogens (tertiary/aromatic N) is 1. The Bertz CT molecular complexity index is 754. The van der Waals surface area contributed by atoms with Crippen molar-refractivity contribution < 1.29 is 23.1 Å². The smallest absolute Gasteiger partial charge is 0.311 e. The number of amides is 1. The zero-order chi connectivity index (χ0) is 17.5. The predicted molar refractivity (Wildman–Crippen MR) is 86.5 cm³/mol. The van der Waals surface area contributed by atoms with E-state index in [0.29, 0.717) is 5.69 Å². The van der Waals surface area contributed by atoms with Crippen molar-refractivity contribution in [2.75, 3.05) is 11.9 Å². The molecule has 1 aromatic carbocycles. The molecule has 1 aromatic heterocycles. The van der Waals surface area contributed by atoms with Crippen molar-refractivity contribution >= 4 is 34.4 Å². The summed E-state index contributed by atoms with van der Waals surface area (Å²) in [5, 5.41) is 4.36. The molecule has 2 aromatic rings. The van der Waals surface area contributed by atoms with E-state index in [9.17, 15) is 18.4 Å². The highest BCUT2D eigenvalue weighted by molar-refractivity contribution is 7.14. The van der Waals surface area contributed by atoms with Crippen LogP contribution < -0.4 is 5.32 Å². The van der Waals surface area contributed by atoms with E-state index < -0.39 is 23.5 Å². The van der Waals surface area contributed by atoms with E-state index in [1.165, 1.54) is 6.07 Å². The number of rotatable bonds is 6. The zero-order valence-corrected chi connectivity index (χ0v) is 13.5. The number of benzene rings is 1. The number of aromatic nitrogens is 1. The van der Waals surface area contributed by atoms with Crippen molar-refractivity contribution in [3.8, 4) is 0 Å². The molecule has 0 spiro atoms. The van der Waals surface area contributed by atoms with Crippen molar-refractivity contribution in [3.05, 3.63) is 52.5 Å². The Balaban J connectivity index is 1.96. The molecule has 24 heavy (non-hydrogen) atoms. The number of halogens is 2. The Morgan fingerprint density at radius 1 is 1.33 bits per heavy atom. The molecule has 0 aliphatic carbocycles. The number of hydrogen-bond acceptors (Lipinski definition) is 5. The third kappa shape index (κ3) is 4.95. The van der Waals surface area contributed by atoms with Gasteiger partial charge < -0.3 is 4.74 Å². The average Bonchev–Trinajstić information content (AvgIpc) is 2.93. The Kier molecular flexibility index (Phi) is 6.14. The van der Waals surface area contributed by atoms with Gasteiger partial charge in [-0.25, -0.2) is 13.8 Å². The molecule has 0 bridgehead atoms. The second-order valence-electron chi connectivity index (χ2n) is 4.58. The first-order chi connectivity index (χ1) is 11.5. The minimum absolute atomic E-state index is 0.0104. The normalized spacial score (nSPS) is 10.8. The van der Waals surface area contributed by atoms with E-state index >= 15 is 0 Å². The number of nitrogens with one attached hydrogen (secondary N) is 1. The molecule has 1 heterocycles. The summed E-state index contributed by atoms with van der Waals surface area (Å²) in [4.78, 5) is 27.2. The SMILES string of the molecule is CCOC(=O)Cc1csc(NC(=O)C=Cc2c(F)cccc2F)n1. The van der Waals surface area contributed by atoms with Crippen LogP contribution in [0, 0.1) is 11.6 Å².